The molecule has 0 radical (unpaired) electrons. The van der Waals surface area contributed by atoms with Gasteiger partial charge in [-0.2, -0.15) is 8.78 Å². The van der Waals surface area contributed by atoms with Gasteiger partial charge >= 0.3 is 0 Å². The Morgan fingerprint density at radius 3 is 2.80 bits per heavy atom. The number of alkyl halides is 2. The smallest absolute Gasteiger partial charge is 0.284 e. The first-order chi connectivity index (χ1) is 12.2. The second-order valence-corrected chi connectivity index (χ2v) is 7.05. The highest BCUT2D eigenvalue weighted by Gasteiger charge is 2.17. The molecule has 0 amide bonds. The van der Waals surface area contributed by atoms with Gasteiger partial charge < -0.3 is 14.5 Å². The Morgan fingerprint density at radius 2 is 2.00 bits per heavy atom. The predicted octanol–water partition coefficient (Wildman–Crippen LogP) is 4.74. The molecule has 1 aliphatic carbocycles. The molecular formula is C18H22F2N2O2S. The third-order valence-corrected chi connectivity index (χ3v) is 4.79. The van der Waals surface area contributed by atoms with Crippen LogP contribution in [0.3, 0.4) is 0 Å². The first-order valence-corrected chi connectivity index (χ1v) is 9.53. The Balaban J connectivity index is 1.44. The molecule has 4 nitrogen and oxygen atoms in total. The molecule has 1 saturated carbocycles. The summed E-state index contributed by atoms with van der Waals surface area (Å²) in [4.78, 5) is 4.28. The van der Waals surface area contributed by atoms with Gasteiger partial charge in [-0.05, 0) is 49.4 Å². The zero-order valence-electron chi connectivity index (χ0n) is 13.9. The first-order valence-electron chi connectivity index (χ1n) is 8.48. The molecule has 0 aliphatic heterocycles. The van der Waals surface area contributed by atoms with E-state index in [1.807, 2.05) is 18.2 Å². The van der Waals surface area contributed by atoms with Crippen molar-refractivity contribution in [3.05, 3.63) is 47.5 Å². The van der Waals surface area contributed by atoms with Gasteiger partial charge in [0.15, 0.2) is 0 Å². The second-order valence-electron chi connectivity index (χ2n) is 6.07. The molecule has 2 heterocycles. The number of hydrogen-bond acceptors (Lipinski definition) is 5. The molecule has 7 heteroatoms. The number of ether oxygens (including phenoxy) is 1. The van der Waals surface area contributed by atoms with E-state index in [1.54, 1.807) is 12.3 Å². The van der Waals surface area contributed by atoms with Crippen LogP contribution >= 0.6 is 11.8 Å². The number of hydrogen-bond donors (Lipinski definition) is 1. The summed E-state index contributed by atoms with van der Waals surface area (Å²) in [6.07, 6.45) is 6.72. The minimum atomic E-state index is -2.38. The number of pyridine rings is 1. The number of halogens is 2. The van der Waals surface area contributed by atoms with Crippen LogP contribution in [0.25, 0.3) is 0 Å². The van der Waals surface area contributed by atoms with E-state index in [0.717, 1.165) is 24.2 Å². The second kappa shape index (κ2) is 9.20. The number of furan rings is 1. The molecule has 0 bridgehead atoms. The number of rotatable bonds is 9. The van der Waals surface area contributed by atoms with Crippen molar-refractivity contribution in [1.82, 2.24) is 10.3 Å². The average Bonchev–Trinajstić information content (AvgIpc) is 3.25. The van der Waals surface area contributed by atoms with Gasteiger partial charge in [-0.3, -0.25) is 0 Å². The lowest BCUT2D eigenvalue weighted by atomic mass is 10.2. The Kier molecular flexibility index (Phi) is 6.69. The SMILES string of the molecule is FC(F)SCc1ccc(CNCc2ccnc(OC3CCCC3)c2)o1. The number of thioether (sulfide) groups is 1. The van der Waals surface area contributed by atoms with Gasteiger partial charge in [-0.1, -0.05) is 11.8 Å². The van der Waals surface area contributed by atoms with Crippen LogP contribution in [-0.4, -0.2) is 16.8 Å². The lowest BCUT2D eigenvalue weighted by molar-refractivity contribution is 0.201. The van der Waals surface area contributed by atoms with Crippen LogP contribution in [-0.2, 0) is 18.8 Å². The highest BCUT2D eigenvalue weighted by Crippen LogP contribution is 2.23. The number of nitrogens with one attached hydrogen (secondary N) is 1. The standard InChI is InChI=1S/C18H22F2N2O2S/c19-18(20)25-12-16-6-5-15(23-16)11-21-10-13-7-8-22-17(9-13)24-14-3-1-2-4-14/h5-9,14,18,21H,1-4,10-12H2. The van der Waals surface area contributed by atoms with Gasteiger partial charge in [0.05, 0.1) is 12.3 Å². The number of aromatic nitrogens is 1. The third kappa shape index (κ3) is 6.01. The lowest BCUT2D eigenvalue weighted by Crippen LogP contribution is -2.14. The van der Waals surface area contributed by atoms with E-state index in [4.69, 9.17) is 9.15 Å². The fourth-order valence-corrected chi connectivity index (χ4v) is 3.32. The van der Waals surface area contributed by atoms with Crippen LogP contribution < -0.4 is 10.1 Å². The maximum absolute atomic E-state index is 12.2. The largest absolute Gasteiger partial charge is 0.474 e. The molecule has 1 fully saturated rings. The third-order valence-electron chi connectivity index (χ3n) is 4.09. The van der Waals surface area contributed by atoms with Crippen LogP contribution in [0.5, 0.6) is 5.88 Å². The molecule has 1 N–H and O–H groups in total. The topological polar surface area (TPSA) is 47.3 Å². The van der Waals surface area contributed by atoms with Crippen LogP contribution in [0.1, 0.15) is 42.8 Å². The number of nitrogens with zero attached hydrogens (tertiary/aromatic N) is 1. The van der Waals surface area contributed by atoms with Crippen LogP contribution in [0.15, 0.2) is 34.9 Å². The molecule has 2 aromatic rings. The van der Waals surface area contributed by atoms with Crippen LogP contribution in [0.4, 0.5) is 8.78 Å². The summed E-state index contributed by atoms with van der Waals surface area (Å²) in [5.41, 5.74) is 1.09. The van der Waals surface area contributed by atoms with E-state index >= 15 is 0 Å². The van der Waals surface area contributed by atoms with Crippen molar-refractivity contribution in [1.29, 1.82) is 0 Å². The van der Waals surface area contributed by atoms with E-state index in [2.05, 4.69) is 10.3 Å². The van der Waals surface area contributed by atoms with Crippen molar-refractivity contribution in [2.24, 2.45) is 0 Å². The summed E-state index contributed by atoms with van der Waals surface area (Å²) in [5, 5.41) is 3.28. The van der Waals surface area contributed by atoms with Gasteiger partial charge in [0.2, 0.25) is 5.88 Å². The van der Waals surface area contributed by atoms with Crippen LogP contribution in [0, 0.1) is 0 Å². The van der Waals surface area contributed by atoms with E-state index in [0.29, 0.717) is 42.6 Å². The molecule has 0 saturated heterocycles. The average molecular weight is 368 g/mol. The molecule has 136 valence electrons. The van der Waals surface area contributed by atoms with Crippen molar-refractivity contribution in [2.75, 3.05) is 0 Å². The van der Waals surface area contributed by atoms with Crippen molar-refractivity contribution in [3.63, 3.8) is 0 Å². The summed E-state index contributed by atoms with van der Waals surface area (Å²) in [7, 11) is 0. The van der Waals surface area contributed by atoms with Gasteiger partial charge in [0.1, 0.15) is 17.6 Å². The van der Waals surface area contributed by atoms with Crippen molar-refractivity contribution < 1.29 is 17.9 Å². The maximum Gasteiger partial charge on any atom is 0.284 e. The summed E-state index contributed by atoms with van der Waals surface area (Å²) < 4.78 is 35.8. The highest BCUT2D eigenvalue weighted by atomic mass is 32.2. The normalized spacial score (nSPS) is 15.2. The van der Waals surface area contributed by atoms with Gasteiger partial charge in [0, 0.05) is 18.8 Å². The predicted molar refractivity (Wildman–Crippen MR) is 93.7 cm³/mol. The van der Waals surface area contributed by atoms with Gasteiger partial charge in [-0.25, -0.2) is 4.98 Å². The monoisotopic (exact) mass is 368 g/mol. The molecule has 0 unspecified atom stereocenters. The van der Waals surface area contributed by atoms with Crippen molar-refractivity contribution >= 4 is 11.8 Å². The summed E-state index contributed by atoms with van der Waals surface area (Å²) in [5.74, 6) is -0.210. The Hall–Kier alpha value is -1.60. The Labute approximate surface area is 150 Å². The zero-order valence-corrected chi connectivity index (χ0v) is 14.7. The molecule has 0 aromatic carbocycles. The maximum atomic E-state index is 12.2. The molecule has 25 heavy (non-hydrogen) atoms. The Bertz CT molecular complexity index is 660. The van der Waals surface area contributed by atoms with E-state index in [9.17, 15) is 8.78 Å². The minimum absolute atomic E-state index is 0.184. The summed E-state index contributed by atoms with van der Waals surface area (Å²) in [6, 6.07) is 7.46. The van der Waals surface area contributed by atoms with Crippen molar-refractivity contribution in [2.45, 2.75) is 56.4 Å². The lowest BCUT2D eigenvalue weighted by Gasteiger charge is -2.12. The first kappa shape index (κ1) is 18.2. The van der Waals surface area contributed by atoms with E-state index in [1.165, 1.54) is 12.8 Å². The molecule has 3 rings (SSSR count). The zero-order chi connectivity index (χ0) is 17.5. The highest BCUT2D eigenvalue weighted by molar-refractivity contribution is 7.98. The molecule has 0 spiro atoms. The fourth-order valence-electron chi connectivity index (χ4n) is 2.87. The molecule has 2 aromatic heterocycles. The fraction of sp³-hybridized carbons (Fsp3) is 0.500. The van der Waals surface area contributed by atoms with E-state index < -0.39 is 5.76 Å². The summed E-state index contributed by atoms with van der Waals surface area (Å²) in [6.45, 7) is 1.20. The van der Waals surface area contributed by atoms with Crippen molar-refractivity contribution in [3.8, 4) is 5.88 Å². The van der Waals surface area contributed by atoms with Gasteiger partial charge in [-0.15, -0.1) is 0 Å². The summed E-state index contributed by atoms with van der Waals surface area (Å²) >= 11 is 0.564. The van der Waals surface area contributed by atoms with Crippen LogP contribution in [0.2, 0.25) is 0 Å². The van der Waals surface area contributed by atoms with Gasteiger partial charge in [0.25, 0.3) is 5.76 Å². The molecule has 0 atom stereocenters. The quantitative estimate of drug-likeness (QED) is 0.693. The Morgan fingerprint density at radius 1 is 1.20 bits per heavy atom. The molecular weight excluding hydrogens is 346 g/mol. The van der Waals surface area contributed by atoms with E-state index in [-0.39, 0.29) is 5.75 Å². The molecule has 1 aliphatic rings. The minimum Gasteiger partial charge on any atom is -0.474 e.